The van der Waals surface area contributed by atoms with E-state index in [-0.39, 0.29) is 17.6 Å². The number of ether oxygens (including phenoxy) is 3. The van der Waals surface area contributed by atoms with E-state index in [4.69, 9.17) is 14.2 Å². The molecule has 4 heterocycles. The number of hydrogen-bond acceptors (Lipinski definition) is 7. The lowest BCUT2D eigenvalue weighted by Crippen LogP contribution is -2.45. The van der Waals surface area contributed by atoms with Crippen LogP contribution in [0.15, 0.2) is 41.3 Å². The van der Waals surface area contributed by atoms with Gasteiger partial charge in [0.1, 0.15) is 25.1 Å². The van der Waals surface area contributed by atoms with Crippen LogP contribution < -0.4 is 24.7 Å². The fraction of sp³-hybridized carbons (Fsp3) is 0.409. The maximum absolute atomic E-state index is 12.1. The van der Waals surface area contributed by atoms with Crippen molar-refractivity contribution in [3.05, 3.63) is 52.4 Å². The molecule has 0 unspecified atom stereocenters. The lowest BCUT2D eigenvalue weighted by molar-refractivity contribution is 0.119. The van der Waals surface area contributed by atoms with Crippen LogP contribution in [0.4, 0.5) is 5.82 Å². The SMILES string of the molecule is Cc1cc2nccc(=O)n2nc1N1CC[C@@H](Oc2ccc3c(c2)OCCO3)[C@H](C)C1. The van der Waals surface area contributed by atoms with Gasteiger partial charge in [-0.2, -0.15) is 4.52 Å². The third kappa shape index (κ3) is 3.42. The Labute approximate surface area is 174 Å². The molecule has 0 amide bonds. The maximum atomic E-state index is 12.1. The molecule has 5 rings (SSSR count). The van der Waals surface area contributed by atoms with Crippen LogP contribution in [0, 0.1) is 12.8 Å². The molecule has 0 N–H and O–H groups in total. The quantitative estimate of drug-likeness (QED) is 0.659. The summed E-state index contributed by atoms with van der Waals surface area (Å²) in [6.45, 7) is 6.91. The molecule has 2 aromatic heterocycles. The summed E-state index contributed by atoms with van der Waals surface area (Å²) in [5.41, 5.74) is 1.39. The normalized spacial score (nSPS) is 20.9. The molecule has 1 saturated heterocycles. The zero-order valence-corrected chi connectivity index (χ0v) is 17.1. The van der Waals surface area contributed by atoms with Gasteiger partial charge >= 0.3 is 0 Å². The van der Waals surface area contributed by atoms with Crippen LogP contribution in [0.25, 0.3) is 5.65 Å². The molecule has 0 aliphatic carbocycles. The van der Waals surface area contributed by atoms with Crippen molar-refractivity contribution in [3.8, 4) is 17.2 Å². The number of benzene rings is 1. The van der Waals surface area contributed by atoms with Gasteiger partial charge in [0.25, 0.3) is 5.56 Å². The molecule has 1 fully saturated rings. The highest BCUT2D eigenvalue weighted by atomic mass is 16.6. The van der Waals surface area contributed by atoms with Crippen molar-refractivity contribution in [3.63, 3.8) is 0 Å². The van der Waals surface area contributed by atoms with Crippen LogP contribution >= 0.6 is 0 Å². The molecule has 0 saturated carbocycles. The van der Waals surface area contributed by atoms with E-state index in [1.165, 1.54) is 16.8 Å². The van der Waals surface area contributed by atoms with Gasteiger partial charge in [-0.1, -0.05) is 6.92 Å². The Morgan fingerprint density at radius 2 is 1.97 bits per heavy atom. The molecule has 30 heavy (non-hydrogen) atoms. The van der Waals surface area contributed by atoms with E-state index in [2.05, 4.69) is 21.9 Å². The summed E-state index contributed by atoms with van der Waals surface area (Å²) < 4.78 is 18.9. The first-order valence-electron chi connectivity index (χ1n) is 10.3. The topological polar surface area (TPSA) is 78.2 Å². The van der Waals surface area contributed by atoms with Crippen molar-refractivity contribution in [1.29, 1.82) is 0 Å². The van der Waals surface area contributed by atoms with E-state index in [1.54, 1.807) is 0 Å². The van der Waals surface area contributed by atoms with Crippen LogP contribution in [0.5, 0.6) is 17.2 Å². The molecule has 8 nitrogen and oxygen atoms in total. The van der Waals surface area contributed by atoms with Crippen LogP contribution in [-0.2, 0) is 0 Å². The highest BCUT2D eigenvalue weighted by molar-refractivity contribution is 5.52. The van der Waals surface area contributed by atoms with E-state index in [0.29, 0.717) is 18.9 Å². The van der Waals surface area contributed by atoms with Gasteiger partial charge in [-0.05, 0) is 30.7 Å². The predicted octanol–water partition coefficient (Wildman–Crippen LogP) is 2.46. The Balaban J connectivity index is 1.32. The number of piperidine rings is 1. The Morgan fingerprint density at radius 1 is 1.13 bits per heavy atom. The van der Waals surface area contributed by atoms with Gasteiger partial charge in [0.15, 0.2) is 23.0 Å². The van der Waals surface area contributed by atoms with E-state index >= 15 is 0 Å². The molecular weight excluding hydrogens is 384 g/mol. The second kappa shape index (κ2) is 7.51. The van der Waals surface area contributed by atoms with Gasteiger partial charge in [0, 0.05) is 43.8 Å². The molecule has 2 aliphatic heterocycles. The largest absolute Gasteiger partial charge is 0.490 e. The van der Waals surface area contributed by atoms with E-state index < -0.39 is 0 Å². The van der Waals surface area contributed by atoms with E-state index in [0.717, 1.165) is 48.1 Å². The third-order valence-electron chi connectivity index (χ3n) is 5.67. The summed E-state index contributed by atoms with van der Waals surface area (Å²) >= 11 is 0. The molecule has 0 bridgehead atoms. The van der Waals surface area contributed by atoms with Crippen molar-refractivity contribution in [2.75, 3.05) is 31.2 Å². The lowest BCUT2D eigenvalue weighted by Gasteiger charge is -2.38. The van der Waals surface area contributed by atoms with Crippen molar-refractivity contribution >= 4 is 11.5 Å². The van der Waals surface area contributed by atoms with Crippen molar-refractivity contribution < 1.29 is 14.2 Å². The summed E-state index contributed by atoms with van der Waals surface area (Å²) in [5.74, 6) is 3.40. The summed E-state index contributed by atoms with van der Waals surface area (Å²) in [6.07, 6.45) is 2.46. The molecule has 156 valence electrons. The minimum Gasteiger partial charge on any atom is -0.490 e. The second-order valence-corrected chi connectivity index (χ2v) is 7.88. The fourth-order valence-corrected chi connectivity index (χ4v) is 4.12. The fourth-order valence-electron chi connectivity index (χ4n) is 4.12. The van der Waals surface area contributed by atoms with Gasteiger partial charge < -0.3 is 19.1 Å². The minimum atomic E-state index is -0.175. The van der Waals surface area contributed by atoms with Crippen molar-refractivity contribution in [2.24, 2.45) is 5.92 Å². The van der Waals surface area contributed by atoms with Crippen molar-refractivity contribution in [1.82, 2.24) is 14.6 Å². The Bertz CT molecular complexity index is 1150. The number of fused-ring (bicyclic) bond motifs is 2. The van der Waals surface area contributed by atoms with Crippen LogP contribution in [0.3, 0.4) is 0 Å². The molecular formula is C22H24N4O4. The summed E-state index contributed by atoms with van der Waals surface area (Å²) in [4.78, 5) is 18.6. The molecule has 2 aliphatic rings. The lowest BCUT2D eigenvalue weighted by atomic mass is 9.96. The average Bonchev–Trinajstić information content (AvgIpc) is 2.75. The number of aryl methyl sites for hydroxylation is 1. The monoisotopic (exact) mass is 408 g/mol. The van der Waals surface area contributed by atoms with Crippen molar-refractivity contribution in [2.45, 2.75) is 26.4 Å². The zero-order valence-electron chi connectivity index (χ0n) is 17.1. The van der Waals surface area contributed by atoms with Gasteiger partial charge in [-0.3, -0.25) is 4.79 Å². The molecule has 8 heteroatoms. The average molecular weight is 408 g/mol. The molecule has 1 aromatic carbocycles. The predicted molar refractivity (Wildman–Crippen MR) is 112 cm³/mol. The minimum absolute atomic E-state index is 0.0916. The summed E-state index contributed by atoms with van der Waals surface area (Å²) in [5, 5.41) is 4.59. The first-order chi connectivity index (χ1) is 14.6. The summed E-state index contributed by atoms with van der Waals surface area (Å²) in [7, 11) is 0. The first kappa shape index (κ1) is 18.7. The van der Waals surface area contributed by atoms with Gasteiger partial charge in [0.2, 0.25) is 0 Å². The Kier molecular flexibility index (Phi) is 4.69. The van der Waals surface area contributed by atoms with Crippen LogP contribution in [-0.4, -0.2) is 47.0 Å². The third-order valence-corrected chi connectivity index (χ3v) is 5.67. The van der Waals surface area contributed by atoms with E-state index in [9.17, 15) is 4.79 Å². The van der Waals surface area contributed by atoms with Crippen LogP contribution in [0.2, 0.25) is 0 Å². The Hall–Kier alpha value is -3.29. The standard InChI is InChI=1S/C22H24N4O4/c1-14-11-20-23-7-5-21(27)26(20)24-22(14)25-8-6-17(15(2)13-25)30-16-3-4-18-19(12-16)29-10-9-28-18/h3-5,7,11-12,15,17H,6,8-10,13H2,1-2H3/t15-,17-/m1/s1. The molecule has 0 radical (unpaired) electrons. The molecule has 3 aromatic rings. The maximum Gasteiger partial charge on any atom is 0.274 e. The highest BCUT2D eigenvalue weighted by Crippen LogP contribution is 2.35. The van der Waals surface area contributed by atoms with Gasteiger partial charge in [0.05, 0.1) is 0 Å². The molecule has 2 atom stereocenters. The van der Waals surface area contributed by atoms with E-state index in [1.807, 2.05) is 31.2 Å². The first-order valence-corrected chi connectivity index (χ1v) is 10.3. The second-order valence-electron chi connectivity index (χ2n) is 7.88. The zero-order chi connectivity index (χ0) is 20.7. The molecule has 0 spiro atoms. The van der Waals surface area contributed by atoms with Gasteiger partial charge in [-0.25, -0.2) is 4.98 Å². The number of hydrogen-bond donors (Lipinski definition) is 0. The number of anilines is 1. The number of nitrogens with zero attached hydrogens (tertiary/aromatic N) is 4. The number of rotatable bonds is 3. The highest BCUT2D eigenvalue weighted by Gasteiger charge is 2.29. The van der Waals surface area contributed by atoms with Gasteiger partial charge in [-0.15, -0.1) is 5.10 Å². The van der Waals surface area contributed by atoms with Crippen LogP contribution in [0.1, 0.15) is 18.9 Å². The summed E-state index contributed by atoms with van der Waals surface area (Å²) in [6, 6.07) is 9.07. The smallest absolute Gasteiger partial charge is 0.274 e. The Morgan fingerprint density at radius 3 is 2.80 bits per heavy atom. The number of aromatic nitrogens is 3.